The zero-order valence-electron chi connectivity index (χ0n) is 11.3. The van der Waals surface area contributed by atoms with E-state index in [4.69, 9.17) is 21.4 Å². The van der Waals surface area contributed by atoms with Crippen LogP contribution in [0, 0.1) is 0 Å². The summed E-state index contributed by atoms with van der Waals surface area (Å²) in [6.45, 7) is 4.32. The molecule has 0 saturated heterocycles. The Kier molecular flexibility index (Phi) is 7.39. The minimum atomic E-state index is 0.00470. The number of nitrogens with zero attached hydrogens (tertiary/aromatic N) is 4. The van der Waals surface area contributed by atoms with Crippen molar-refractivity contribution in [2.75, 3.05) is 50.2 Å². The lowest BCUT2D eigenvalue weighted by molar-refractivity contribution is 0.202. The Labute approximate surface area is 118 Å². The molecule has 0 saturated carbocycles. The normalized spacial score (nSPS) is 10.5. The highest BCUT2D eigenvalue weighted by Crippen LogP contribution is 2.13. The third-order valence-corrected chi connectivity index (χ3v) is 2.52. The fraction of sp³-hybridized carbons (Fsp3) is 0.727. The molecular weight excluding hydrogens is 270 g/mol. The van der Waals surface area contributed by atoms with Crippen LogP contribution in [0.1, 0.15) is 13.3 Å². The maximum Gasteiger partial charge on any atom is 0.231 e. The number of hydrogen-bond donors (Lipinski definition) is 2. The van der Waals surface area contributed by atoms with Crippen molar-refractivity contribution in [2.45, 2.75) is 13.3 Å². The van der Waals surface area contributed by atoms with Gasteiger partial charge in [0.25, 0.3) is 0 Å². The van der Waals surface area contributed by atoms with E-state index in [0.717, 1.165) is 13.0 Å². The Morgan fingerprint density at radius 3 is 2.74 bits per heavy atom. The van der Waals surface area contributed by atoms with E-state index in [2.05, 4.69) is 20.3 Å². The Morgan fingerprint density at radius 1 is 1.32 bits per heavy atom. The second kappa shape index (κ2) is 8.84. The number of methoxy groups -OCH3 is 1. The monoisotopic (exact) mass is 289 g/mol. The summed E-state index contributed by atoms with van der Waals surface area (Å²) >= 11 is 5.88. The van der Waals surface area contributed by atoms with E-state index >= 15 is 0 Å². The summed E-state index contributed by atoms with van der Waals surface area (Å²) in [5, 5.41) is 12.3. The average molecular weight is 290 g/mol. The maximum absolute atomic E-state index is 9.08. The van der Waals surface area contributed by atoms with Crippen LogP contribution in [0.5, 0.6) is 0 Å². The molecule has 0 fully saturated rings. The van der Waals surface area contributed by atoms with Gasteiger partial charge in [-0.25, -0.2) is 0 Å². The van der Waals surface area contributed by atoms with Crippen molar-refractivity contribution < 1.29 is 9.84 Å². The third kappa shape index (κ3) is 5.54. The number of ether oxygens (including phenoxy) is 1. The SMILES string of the molecule is CCCNc1nc(Cl)nc(N(CCO)CCOC)n1. The summed E-state index contributed by atoms with van der Waals surface area (Å²) in [6.07, 6.45) is 0.961. The standard InChI is InChI=1S/C11H20ClN5O2/c1-3-4-13-10-14-9(12)15-11(16-10)17(5-7-18)6-8-19-2/h18H,3-8H2,1-2H3,(H,13,14,15,16). The molecule has 0 aliphatic heterocycles. The molecule has 19 heavy (non-hydrogen) atoms. The average Bonchev–Trinajstić information content (AvgIpc) is 2.40. The predicted octanol–water partition coefficient (Wildman–Crippen LogP) is 0.792. The molecule has 0 unspecified atom stereocenters. The largest absolute Gasteiger partial charge is 0.395 e. The minimum absolute atomic E-state index is 0.00470. The molecule has 0 bridgehead atoms. The van der Waals surface area contributed by atoms with Gasteiger partial charge < -0.3 is 20.1 Å². The number of nitrogens with one attached hydrogen (secondary N) is 1. The summed E-state index contributed by atoms with van der Waals surface area (Å²) in [5.41, 5.74) is 0. The van der Waals surface area contributed by atoms with E-state index in [1.165, 1.54) is 0 Å². The number of aliphatic hydroxyl groups excluding tert-OH is 1. The summed E-state index contributed by atoms with van der Waals surface area (Å²) in [6, 6.07) is 0. The molecule has 1 aromatic heterocycles. The Balaban J connectivity index is 2.84. The molecule has 0 aliphatic rings. The first-order valence-corrected chi connectivity index (χ1v) is 6.59. The Bertz CT molecular complexity index is 380. The summed E-state index contributed by atoms with van der Waals surface area (Å²) < 4.78 is 5.02. The van der Waals surface area contributed by atoms with Gasteiger partial charge in [-0.1, -0.05) is 6.92 Å². The molecule has 1 heterocycles. The molecule has 1 aromatic rings. The van der Waals surface area contributed by atoms with Crippen LogP contribution < -0.4 is 10.2 Å². The van der Waals surface area contributed by atoms with Gasteiger partial charge in [0, 0.05) is 26.7 Å². The number of aromatic nitrogens is 3. The molecule has 0 atom stereocenters. The zero-order valence-corrected chi connectivity index (χ0v) is 12.0. The third-order valence-electron chi connectivity index (χ3n) is 2.35. The number of hydrogen-bond acceptors (Lipinski definition) is 7. The molecule has 108 valence electrons. The topological polar surface area (TPSA) is 83.4 Å². The van der Waals surface area contributed by atoms with Crippen LogP contribution in [0.3, 0.4) is 0 Å². The molecule has 0 aliphatic carbocycles. The van der Waals surface area contributed by atoms with Gasteiger partial charge >= 0.3 is 0 Å². The van der Waals surface area contributed by atoms with Crippen LogP contribution in [-0.2, 0) is 4.74 Å². The van der Waals surface area contributed by atoms with Crippen molar-refractivity contribution >= 4 is 23.5 Å². The highest BCUT2D eigenvalue weighted by atomic mass is 35.5. The molecule has 1 rings (SSSR count). The summed E-state index contributed by atoms with van der Waals surface area (Å²) in [7, 11) is 1.62. The van der Waals surface area contributed by atoms with Crippen molar-refractivity contribution in [2.24, 2.45) is 0 Å². The molecule has 7 nitrogen and oxygen atoms in total. The highest BCUT2D eigenvalue weighted by Gasteiger charge is 2.12. The van der Waals surface area contributed by atoms with Crippen LogP contribution >= 0.6 is 11.6 Å². The first kappa shape index (κ1) is 15.9. The van der Waals surface area contributed by atoms with Gasteiger partial charge in [0.1, 0.15) is 0 Å². The van der Waals surface area contributed by atoms with Crippen LogP contribution in [0.4, 0.5) is 11.9 Å². The van der Waals surface area contributed by atoms with Crippen molar-refractivity contribution in [3.63, 3.8) is 0 Å². The van der Waals surface area contributed by atoms with Gasteiger partial charge in [0.15, 0.2) is 0 Å². The second-order valence-electron chi connectivity index (χ2n) is 3.86. The number of aliphatic hydroxyl groups is 1. The van der Waals surface area contributed by atoms with Crippen molar-refractivity contribution in [3.8, 4) is 0 Å². The zero-order chi connectivity index (χ0) is 14.1. The summed E-state index contributed by atoms with van der Waals surface area (Å²) in [4.78, 5) is 14.2. The minimum Gasteiger partial charge on any atom is -0.395 e. The van der Waals surface area contributed by atoms with Crippen LogP contribution in [0.15, 0.2) is 0 Å². The molecule has 8 heteroatoms. The fourth-order valence-corrected chi connectivity index (χ4v) is 1.59. The van der Waals surface area contributed by atoms with Gasteiger partial charge in [-0.15, -0.1) is 0 Å². The van der Waals surface area contributed by atoms with Crippen molar-refractivity contribution in [1.29, 1.82) is 0 Å². The van der Waals surface area contributed by atoms with E-state index < -0.39 is 0 Å². The molecule has 0 radical (unpaired) electrons. The molecule has 0 amide bonds. The van der Waals surface area contributed by atoms with Crippen LogP contribution in [-0.4, -0.2) is 60.0 Å². The van der Waals surface area contributed by atoms with Gasteiger partial charge in [-0.05, 0) is 18.0 Å². The van der Waals surface area contributed by atoms with E-state index in [0.29, 0.717) is 31.6 Å². The first-order chi connectivity index (χ1) is 9.21. The number of anilines is 2. The number of halogens is 1. The van der Waals surface area contributed by atoms with Crippen LogP contribution in [0.25, 0.3) is 0 Å². The van der Waals surface area contributed by atoms with Gasteiger partial charge in [0.05, 0.1) is 13.2 Å². The first-order valence-electron chi connectivity index (χ1n) is 6.21. The summed E-state index contributed by atoms with van der Waals surface area (Å²) in [5.74, 6) is 0.877. The van der Waals surface area contributed by atoms with E-state index in [-0.39, 0.29) is 11.9 Å². The Hall–Kier alpha value is -1.18. The number of rotatable bonds is 9. The van der Waals surface area contributed by atoms with Crippen LogP contribution in [0.2, 0.25) is 5.28 Å². The molecule has 2 N–H and O–H groups in total. The predicted molar refractivity (Wildman–Crippen MR) is 74.8 cm³/mol. The van der Waals surface area contributed by atoms with Gasteiger partial charge in [0.2, 0.25) is 17.2 Å². The van der Waals surface area contributed by atoms with E-state index in [1.807, 2.05) is 6.92 Å². The lowest BCUT2D eigenvalue weighted by Gasteiger charge is -2.21. The molecular formula is C11H20ClN5O2. The maximum atomic E-state index is 9.08. The van der Waals surface area contributed by atoms with Crippen molar-refractivity contribution in [1.82, 2.24) is 15.0 Å². The highest BCUT2D eigenvalue weighted by molar-refractivity contribution is 6.28. The Morgan fingerprint density at radius 2 is 2.11 bits per heavy atom. The second-order valence-corrected chi connectivity index (χ2v) is 4.20. The lowest BCUT2D eigenvalue weighted by atomic mass is 10.5. The lowest BCUT2D eigenvalue weighted by Crippen LogP contribution is -2.32. The smallest absolute Gasteiger partial charge is 0.231 e. The van der Waals surface area contributed by atoms with Gasteiger partial charge in [-0.2, -0.15) is 15.0 Å². The quantitative estimate of drug-likeness (QED) is 0.695. The van der Waals surface area contributed by atoms with Gasteiger partial charge in [-0.3, -0.25) is 0 Å². The fourth-order valence-electron chi connectivity index (χ4n) is 1.43. The van der Waals surface area contributed by atoms with E-state index in [1.54, 1.807) is 12.0 Å². The molecule has 0 aromatic carbocycles. The molecule has 0 spiro atoms. The van der Waals surface area contributed by atoms with E-state index in [9.17, 15) is 0 Å². The van der Waals surface area contributed by atoms with Crippen molar-refractivity contribution in [3.05, 3.63) is 5.28 Å².